The van der Waals surface area contributed by atoms with Crippen molar-refractivity contribution in [3.05, 3.63) is 189 Å². The van der Waals surface area contributed by atoms with E-state index in [9.17, 15) is 0 Å². The summed E-state index contributed by atoms with van der Waals surface area (Å²) in [6, 6.07) is 51.6. The van der Waals surface area contributed by atoms with Crippen LogP contribution in [0.4, 0.5) is 51.2 Å². The topological polar surface area (TPSA) is 22.9 Å². The first-order chi connectivity index (χ1) is 41.0. The predicted octanol–water partition coefficient (Wildman–Crippen LogP) is 21.7. The Bertz CT molecular complexity index is 4330. The Morgan fingerprint density at radius 2 is 0.727 bits per heavy atom. The van der Waals surface area contributed by atoms with Crippen LogP contribution in [0.3, 0.4) is 0 Å². The summed E-state index contributed by atoms with van der Waals surface area (Å²) in [7, 11) is 0. The van der Waals surface area contributed by atoms with Crippen LogP contribution in [0, 0.1) is 20.8 Å². The molecule has 9 aromatic rings. The van der Waals surface area contributed by atoms with Gasteiger partial charge < -0.3 is 19.1 Å². The molecule has 1 aromatic heterocycles. The van der Waals surface area contributed by atoms with Crippen molar-refractivity contribution in [1.29, 1.82) is 0 Å². The zero-order valence-corrected chi connectivity index (χ0v) is 57.2. The molecule has 0 N–H and O–H groups in total. The molecule has 0 saturated heterocycles. The summed E-state index contributed by atoms with van der Waals surface area (Å²) in [5, 5.41) is 2.39. The van der Waals surface area contributed by atoms with Gasteiger partial charge in [-0.2, -0.15) is 0 Å². The molecule has 0 unspecified atom stereocenters. The van der Waals surface area contributed by atoms with E-state index in [1.54, 1.807) is 0 Å². The predicted molar refractivity (Wildman–Crippen MR) is 380 cm³/mol. The van der Waals surface area contributed by atoms with Gasteiger partial charge in [0.15, 0.2) is 0 Å². The molecule has 0 spiro atoms. The summed E-state index contributed by atoms with van der Waals surface area (Å²) in [6.45, 7) is 50.4. The van der Waals surface area contributed by atoms with Gasteiger partial charge >= 0.3 is 0 Å². The number of rotatable bonds is 5. The number of hydrogen-bond donors (Lipinski definition) is 0. The number of benzene rings is 8. The highest BCUT2D eigenvalue weighted by molar-refractivity contribution is 7.00. The van der Waals surface area contributed by atoms with Crippen molar-refractivity contribution in [1.82, 2.24) is 0 Å². The van der Waals surface area contributed by atoms with E-state index in [0.717, 1.165) is 53.9 Å². The highest BCUT2D eigenvalue weighted by atomic mass is 16.3. The van der Waals surface area contributed by atoms with Gasteiger partial charge in [-0.05, 0) is 265 Å². The number of anilines is 9. The number of hydrogen-bond acceptors (Lipinski definition) is 4. The second kappa shape index (κ2) is 19.0. The van der Waals surface area contributed by atoms with Crippen LogP contribution < -0.4 is 31.1 Å². The SMILES string of the molecule is Cc1cc2c3c(c1)N(c1cc4c(cc1C)C(C)(C)CCC4(C)C)c1cc4c(cc1B3c1ccc(N(c3ccc(C(C)(C)C)cc3)c3ccc(C(C)(C)C)cc3)cc1N2c1cc2c(cc1C)C(C)(C)CCC2(C)C)oc1cc2c(cc14)C(C)(C)CCC2(C)C. The lowest BCUT2D eigenvalue weighted by Gasteiger charge is -2.47. The molecule has 3 heterocycles. The number of furan rings is 1. The standard InChI is InChI=1S/C83H96BN3O/c1-49-38-71-75-72(39-49)87(68-46-63-60(41-51(68)3)79(12,13)33-36-82(63,18)19)70-44-58-57-43-61-64(83(20,21)37-34-80(61,14)15)47-73(57)88-74(58)48-66(70)84(75)65-31-30-56(42-69(65)86(71)67-45-62-59(40-50(67)2)78(10,11)32-35-81(62,16)17)85(54-26-22-52(23-27-54)76(4,5)6)55-28-24-53(25-29-55)77(7,8)9/h22-31,38-48H,32-37H2,1-21H3. The second-order valence-corrected chi connectivity index (χ2v) is 34.1. The quantitative estimate of drug-likeness (QED) is 0.160. The maximum Gasteiger partial charge on any atom is 0.252 e. The maximum atomic E-state index is 7.34. The molecule has 0 atom stereocenters. The molecule has 8 aromatic carbocycles. The third kappa shape index (κ3) is 9.01. The Morgan fingerprint density at radius 3 is 1.16 bits per heavy atom. The Hall–Kier alpha value is -6.98. The third-order valence-electron chi connectivity index (χ3n) is 22.8. The van der Waals surface area contributed by atoms with Gasteiger partial charge in [0.1, 0.15) is 11.2 Å². The molecule has 3 aliphatic carbocycles. The van der Waals surface area contributed by atoms with E-state index in [1.807, 2.05) is 0 Å². The first-order valence-corrected chi connectivity index (χ1v) is 33.3. The smallest absolute Gasteiger partial charge is 0.252 e. The summed E-state index contributed by atoms with van der Waals surface area (Å²) >= 11 is 0. The zero-order valence-electron chi connectivity index (χ0n) is 57.2. The Balaban J connectivity index is 1.09. The van der Waals surface area contributed by atoms with Crippen LogP contribution in [0.1, 0.15) is 224 Å². The largest absolute Gasteiger partial charge is 0.456 e. The highest BCUT2D eigenvalue weighted by Gasteiger charge is 2.48. The van der Waals surface area contributed by atoms with Gasteiger partial charge in [0.25, 0.3) is 6.71 Å². The van der Waals surface area contributed by atoms with Crippen LogP contribution in [0.25, 0.3) is 21.9 Å². The van der Waals surface area contributed by atoms with Crippen molar-refractivity contribution < 1.29 is 4.42 Å². The maximum absolute atomic E-state index is 7.34. The van der Waals surface area contributed by atoms with Gasteiger partial charge in [-0.25, -0.2) is 0 Å². The Kier molecular flexibility index (Phi) is 12.7. The summed E-state index contributed by atoms with van der Waals surface area (Å²) in [6.07, 6.45) is 6.95. The number of nitrogens with zero attached hydrogens (tertiary/aromatic N) is 3. The minimum atomic E-state index is -0.118. The van der Waals surface area contributed by atoms with Crippen molar-refractivity contribution in [2.24, 2.45) is 0 Å². The zero-order chi connectivity index (χ0) is 62.7. The van der Waals surface area contributed by atoms with Crippen LogP contribution in [-0.4, -0.2) is 6.71 Å². The molecule has 4 nitrogen and oxygen atoms in total. The molecule has 0 radical (unpaired) electrons. The monoisotopic (exact) mass is 1160 g/mol. The van der Waals surface area contributed by atoms with Crippen LogP contribution in [0.15, 0.2) is 132 Å². The second-order valence-electron chi connectivity index (χ2n) is 34.1. The molecule has 2 aliphatic heterocycles. The molecule has 0 saturated carbocycles. The molecule has 5 aliphatic rings. The summed E-state index contributed by atoms with van der Waals surface area (Å²) in [4.78, 5) is 7.92. The lowest BCUT2D eigenvalue weighted by molar-refractivity contribution is 0.332. The highest BCUT2D eigenvalue weighted by Crippen LogP contribution is 2.56. The average molecular weight is 1160 g/mol. The van der Waals surface area contributed by atoms with E-state index < -0.39 is 0 Å². The summed E-state index contributed by atoms with van der Waals surface area (Å²) < 4.78 is 7.34. The third-order valence-corrected chi connectivity index (χ3v) is 22.8. The molecule has 0 fully saturated rings. The summed E-state index contributed by atoms with van der Waals surface area (Å²) in [5.41, 5.74) is 32.3. The van der Waals surface area contributed by atoms with Gasteiger partial charge in [-0.15, -0.1) is 0 Å². The van der Waals surface area contributed by atoms with Crippen molar-refractivity contribution in [2.45, 2.75) is 227 Å². The molecule has 452 valence electrons. The van der Waals surface area contributed by atoms with Gasteiger partial charge in [-0.1, -0.05) is 167 Å². The van der Waals surface area contributed by atoms with Gasteiger partial charge in [-0.3, -0.25) is 0 Å². The Labute approximate surface area is 528 Å². The minimum absolute atomic E-state index is 0.00234. The number of aryl methyl sites for hydroxylation is 3. The van der Waals surface area contributed by atoms with Crippen molar-refractivity contribution in [3.8, 4) is 0 Å². The van der Waals surface area contributed by atoms with Crippen LogP contribution in [0.2, 0.25) is 0 Å². The molecule has 0 amide bonds. The lowest BCUT2D eigenvalue weighted by atomic mass is 9.33. The van der Waals surface area contributed by atoms with Crippen LogP contribution in [-0.2, 0) is 43.3 Å². The molecule has 14 rings (SSSR count). The molecular formula is C83H96BN3O. The van der Waals surface area contributed by atoms with Gasteiger partial charge in [0.05, 0.1) is 0 Å². The first-order valence-electron chi connectivity index (χ1n) is 33.3. The normalized spacial score (nSPS) is 18.9. The van der Waals surface area contributed by atoms with E-state index in [4.69, 9.17) is 4.42 Å². The number of fused-ring (bicyclic) bond motifs is 10. The van der Waals surface area contributed by atoms with Crippen molar-refractivity contribution in [3.63, 3.8) is 0 Å². The Morgan fingerprint density at radius 1 is 0.364 bits per heavy atom. The van der Waals surface area contributed by atoms with Crippen molar-refractivity contribution in [2.75, 3.05) is 14.7 Å². The fourth-order valence-electron chi connectivity index (χ4n) is 16.7. The molecule has 5 heteroatoms. The van der Waals surface area contributed by atoms with Gasteiger partial charge in [0, 0.05) is 62.0 Å². The molecule has 88 heavy (non-hydrogen) atoms. The van der Waals surface area contributed by atoms with E-state index in [0.29, 0.717) is 0 Å². The first kappa shape index (κ1) is 58.7. The van der Waals surface area contributed by atoms with Crippen molar-refractivity contribution >= 4 is 96.2 Å². The van der Waals surface area contributed by atoms with E-state index in [2.05, 4.69) is 287 Å². The summed E-state index contributed by atoms with van der Waals surface area (Å²) in [5.74, 6) is 0. The lowest BCUT2D eigenvalue weighted by Crippen LogP contribution is -2.61. The molecular weight excluding hydrogens is 1070 g/mol. The average Bonchev–Trinajstić information content (AvgIpc) is 0.923. The van der Waals surface area contributed by atoms with E-state index in [1.165, 1.54) is 135 Å². The fraction of sp³-hybridized carbons (Fsp3) is 0.422. The van der Waals surface area contributed by atoms with Crippen LogP contribution in [0.5, 0.6) is 0 Å². The van der Waals surface area contributed by atoms with E-state index >= 15 is 0 Å². The fourth-order valence-corrected chi connectivity index (χ4v) is 16.7. The minimum Gasteiger partial charge on any atom is -0.456 e. The van der Waals surface area contributed by atoms with Gasteiger partial charge in [0.2, 0.25) is 0 Å². The van der Waals surface area contributed by atoms with Crippen LogP contribution >= 0.6 is 0 Å². The van der Waals surface area contributed by atoms with E-state index in [-0.39, 0.29) is 50.0 Å². The molecule has 0 bridgehead atoms.